The lowest BCUT2D eigenvalue weighted by molar-refractivity contribution is 0.0917. The fraction of sp³-hybridized carbons (Fsp3) is 0.846. The molecule has 0 aromatic heterocycles. The van der Waals surface area contributed by atoms with E-state index in [2.05, 4.69) is 30.4 Å². The van der Waals surface area contributed by atoms with E-state index in [1.165, 1.54) is 25.0 Å². The van der Waals surface area contributed by atoms with Crippen LogP contribution in [0, 0.1) is 0 Å². The number of nitrogens with zero attached hydrogens (tertiary/aromatic N) is 1. The molecule has 0 saturated carbocycles. The van der Waals surface area contributed by atoms with E-state index in [-0.39, 0.29) is 0 Å². The van der Waals surface area contributed by atoms with Crippen LogP contribution in [0.3, 0.4) is 0 Å². The highest BCUT2D eigenvalue weighted by Gasteiger charge is 2.24. The highest BCUT2D eigenvalue weighted by Crippen LogP contribution is 2.17. The smallest absolute Gasteiger partial charge is 0.0636 e. The lowest BCUT2D eigenvalue weighted by atomic mass is 10.2. The van der Waals surface area contributed by atoms with E-state index in [0.717, 1.165) is 26.0 Å². The van der Waals surface area contributed by atoms with Crippen LogP contribution in [0.2, 0.25) is 0 Å². The van der Waals surface area contributed by atoms with E-state index < -0.39 is 0 Å². The molecule has 0 spiro atoms. The van der Waals surface area contributed by atoms with Crippen LogP contribution in [0.5, 0.6) is 0 Å². The molecule has 3 nitrogen and oxygen atoms in total. The molecule has 1 saturated heterocycles. The third-order valence-corrected chi connectivity index (χ3v) is 2.99. The molecule has 1 aliphatic heterocycles. The van der Waals surface area contributed by atoms with Gasteiger partial charge in [0.1, 0.15) is 0 Å². The number of nitrogens with one attached hydrogen (secondary N) is 1. The lowest BCUT2D eigenvalue weighted by Crippen LogP contribution is -2.43. The van der Waals surface area contributed by atoms with Crippen molar-refractivity contribution in [2.45, 2.75) is 52.0 Å². The molecule has 16 heavy (non-hydrogen) atoms. The minimum atomic E-state index is 0.544. The van der Waals surface area contributed by atoms with Gasteiger partial charge in [-0.05, 0) is 25.7 Å². The van der Waals surface area contributed by atoms with Crippen molar-refractivity contribution in [3.63, 3.8) is 0 Å². The summed E-state index contributed by atoms with van der Waals surface area (Å²) < 4.78 is 5.26. The molecular weight excluding hydrogens is 200 g/mol. The molecule has 0 aromatic rings. The number of hydrazine groups is 1. The average molecular weight is 226 g/mol. The van der Waals surface area contributed by atoms with Crippen LogP contribution in [0.25, 0.3) is 0 Å². The predicted molar refractivity (Wildman–Crippen MR) is 68.0 cm³/mol. The Kier molecular flexibility index (Phi) is 6.50. The van der Waals surface area contributed by atoms with E-state index in [1.54, 1.807) is 7.11 Å². The van der Waals surface area contributed by atoms with Crippen LogP contribution in [-0.2, 0) is 4.74 Å². The number of hydrogen-bond acceptors (Lipinski definition) is 3. The van der Waals surface area contributed by atoms with Crippen molar-refractivity contribution in [1.82, 2.24) is 10.4 Å². The fourth-order valence-corrected chi connectivity index (χ4v) is 2.25. The summed E-state index contributed by atoms with van der Waals surface area (Å²) in [6, 6.07) is 0.544. The Labute approximate surface area is 99.8 Å². The van der Waals surface area contributed by atoms with Crippen molar-refractivity contribution < 1.29 is 4.74 Å². The van der Waals surface area contributed by atoms with E-state index in [9.17, 15) is 0 Å². The first-order chi connectivity index (χ1) is 7.81. The summed E-state index contributed by atoms with van der Waals surface area (Å²) in [7, 11) is 1.78. The zero-order valence-corrected chi connectivity index (χ0v) is 11.0. The molecule has 0 bridgehead atoms. The third-order valence-electron chi connectivity index (χ3n) is 2.99. The molecule has 3 heteroatoms. The maximum Gasteiger partial charge on any atom is 0.0636 e. The van der Waals surface area contributed by atoms with E-state index in [0.29, 0.717) is 6.04 Å². The first kappa shape index (κ1) is 13.5. The van der Waals surface area contributed by atoms with Gasteiger partial charge in [0.15, 0.2) is 0 Å². The van der Waals surface area contributed by atoms with Crippen LogP contribution < -0.4 is 5.43 Å². The molecule has 1 atom stereocenters. The molecule has 1 N–H and O–H groups in total. The van der Waals surface area contributed by atoms with Gasteiger partial charge in [0.2, 0.25) is 0 Å². The van der Waals surface area contributed by atoms with E-state index in [1.807, 2.05) is 0 Å². The second-order valence-electron chi connectivity index (χ2n) is 4.44. The van der Waals surface area contributed by atoms with Crippen molar-refractivity contribution in [3.8, 4) is 0 Å². The van der Waals surface area contributed by atoms with Gasteiger partial charge in [-0.25, -0.2) is 5.01 Å². The van der Waals surface area contributed by atoms with Crippen molar-refractivity contribution >= 4 is 0 Å². The molecule has 1 aliphatic rings. The number of hydrogen-bond donors (Lipinski definition) is 1. The largest absolute Gasteiger partial charge is 0.383 e. The Morgan fingerprint density at radius 1 is 1.50 bits per heavy atom. The van der Waals surface area contributed by atoms with Crippen molar-refractivity contribution in [3.05, 3.63) is 11.8 Å². The molecule has 0 unspecified atom stereocenters. The van der Waals surface area contributed by atoms with Crippen molar-refractivity contribution in [2.24, 2.45) is 0 Å². The van der Waals surface area contributed by atoms with Gasteiger partial charge in [0.05, 0.1) is 12.6 Å². The Balaban J connectivity index is 2.46. The minimum absolute atomic E-state index is 0.544. The Hall–Kier alpha value is -0.540. The van der Waals surface area contributed by atoms with Gasteiger partial charge in [-0.15, -0.1) is 0 Å². The first-order valence-corrected chi connectivity index (χ1v) is 6.53. The van der Waals surface area contributed by atoms with Gasteiger partial charge in [0, 0.05) is 19.4 Å². The van der Waals surface area contributed by atoms with Crippen LogP contribution in [-0.4, -0.2) is 31.3 Å². The van der Waals surface area contributed by atoms with Gasteiger partial charge in [-0.1, -0.05) is 26.3 Å². The number of methoxy groups -OCH3 is 1. The van der Waals surface area contributed by atoms with Gasteiger partial charge in [-0.3, -0.25) is 0 Å². The number of ether oxygens (including phenoxy) is 1. The SMILES string of the molecule is CC/C=C(\CCC)NN1CCC[C@H]1COC. The molecular formula is C13H26N2O. The van der Waals surface area contributed by atoms with Crippen molar-refractivity contribution in [1.29, 1.82) is 0 Å². The minimum Gasteiger partial charge on any atom is -0.383 e. The first-order valence-electron chi connectivity index (χ1n) is 6.53. The molecule has 0 radical (unpaired) electrons. The molecule has 1 heterocycles. The van der Waals surface area contributed by atoms with Gasteiger partial charge in [0.25, 0.3) is 0 Å². The standard InChI is InChI=1S/C13H26N2O/c1-4-7-12(8-5-2)14-15-10-6-9-13(15)11-16-3/h7,13-14H,4-6,8-11H2,1-3H3/b12-7+/t13-/m0/s1. The summed E-state index contributed by atoms with van der Waals surface area (Å²) in [5.41, 5.74) is 4.94. The Morgan fingerprint density at radius 3 is 2.94 bits per heavy atom. The summed E-state index contributed by atoms with van der Waals surface area (Å²) in [6.45, 7) is 6.38. The van der Waals surface area contributed by atoms with E-state index in [4.69, 9.17) is 4.74 Å². The molecule has 0 aromatic carbocycles. The predicted octanol–water partition coefficient (Wildman–Crippen LogP) is 2.70. The number of rotatable bonds is 7. The second kappa shape index (κ2) is 7.69. The summed E-state index contributed by atoms with van der Waals surface area (Å²) in [6.07, 6.45) is 8.25. The normalized spacial score (nSPS) is 22.7. The zero-order chi connectivity index (χ0) is 11.8. The topological polar surface area (TPSA) is 24.5 Å². The summed E-state index contributed by atoms with van der Waals surface area (Å²) in [4.78, 5) is 0. The Morgan fingerprint density at radius 2 is 2.31 bits per heavy atom. The highest BCUT2D eigenvalue weighted by molar-refractivity contribution is 4.99. The van der Waals surface area contributed by atoms with Crippen LogP contribution in [0.4, 0.5) is 0 Å². The van der Waals surface area contributed by atoms with Crippen LogP contribution in [0.15, 0.2) is 11.8 Å². The van der Waals surface area contributed by atoms with Crippen LogP contribution >= 0.6 is 0 Å². The highest BCUT2D eigenvalue weighted by atomic mass is 16.5. The van der Waals surface area contributed by atoms with E-state index >= 15 is 0 Å². The summed E-state index contributed by atoms with van der Waals surface area (Å²) in [5.74, 6) is 0. The zero-order valence-electron chi connectivity index (χ0n) is 11.0. The molecule has 1 fully saturated rings. The van der Waals surface area contributed by atoms with Gasteiger partial charge in [-0.2, -0.15) is 0 Å². The molecule has 94 valence electrons. The van der Waals surface area contributed by atoms with Crippen molar-refractivity contribution in [2.75, 3.05) is 20.3 Å². The van der Waals surface area contributed by atoms with Gasteiger partial charge < -0.3 is 10.2 Å². The number of allylic oxidation sites excluding steroid dienone is 2. The summed E-state index contributed by atoms with van der Waals surface area (Å²) in [5, 5.41) is 2.35. The second-order valence-corrected chi connectivity index (χ2v) is 4.44. The molecule has 0 aliphatic carbocycles. The maximum absolute atomic E-state index is 5.26. The molecule has 1 rings (SSSR count). The lowest BCUT2D eigenvalue weighted by Gasteiger charge is -2.27. The molecule has 0 amide bonds. The third kappa shape index (κ3) is 4.14. The Bertz CT molecular complexity index is 216. The quantitative estimate of drug-likeness (QED) is 0.722. The average Bonchev–Trinajstić information content (AvgIpc) is 2.67. The monoisotopic (exact) mass is 226 g/mol. The maximum atomic E-state index is 5.26. The van der Waals surface area contributed by atoms with Gasteiger partial charge >= 0.3 is 0 Å². The van der Waals surface area contributed by atoms with Crippen LogP contribution in [0.1, 0.15) is 46.0 Å². The fourth-order valence-electron chi connectivity index (χ4n) is 2.25. The summed E-state index contributed by atoms with van der Waals surface area (Å²) >= 11 is 0.